The molecule has 0 saturated heterocycles. The van der Waals surface area contributed by atoms with Gasteiger partial charge in [-0.2, -0.15) is 0 Å². The van der Waals surface area contributed by atoms with Crippen LogP contribution in [0.2, 0.25) is 0 Å². The zero-order valence-corrected chi connectivity index (χ0v) is 30.9. The van der Waals surface area contributed by atoms with Gasteiger partial charge < -0.3 is 14.5 Å². The fourth-order valence-corrected chi connectivity index (χ4v) is 10.5. The first-order valence-corrected chi connectivity index (χ1v) is 19.6. The zero-order chi connectivity index (χ0) is 39.0. The van der Waals surface area contributed by atoms with Crippen LogP contribution in [0.4, 0.5) is 0 Å². The van der Waals surface area contributed by atoms with E-state index >= 15 is 0 Å². The van der Waals surface area contributed by atoms with Crippen molar-refractivity contribution in [3.63, 3.8) is 0 Å². The Kier molecular flexibility index (Phi) is 18.5. The molecule has 3 N–H and O–H groups in total. The summed E-state index contributed by atoms with van der Waals surface area (Å²) in [5.74, 6) is 63.0. The lowest BCUT2D eigenvalue weighted by Gasteiger charge is -2.36. The molecule has 0 amide bonds. The lowest BCUT2D eigenvalue weighted by Crippen LogP contribution is -2.36. The predicted molar refractivity (Wildman–Crippen MR) is 198 cm³/mol. The molecule has 0 spiro atoms. The maximum absolute atomic E-state index is 14.1. The van der Waals surface area contributed by atoms with Crippen LogP contribution in [-0.4, -0.2) is 33.8 Å². The molecule has 2 fully saturated rings. The monoisotopic (exact) mass is 740 g/mol. The van der Waals surface area contributed by atoms with Gasteiger partial charge in [0.25, 0.3) is 0 Å². The molecule has 2 aliphatic carbocycles. The van der Waals surface area contributed by atoms with Gasteiger partial charge in [-0.15, -0.1) is 4.67 Å². The van der Waals surface area contributed by atoms with E-state index in [1.165, 1.54) is 0 Å². The number of carbonyl (C=O) groups is 1. The van der Waals surface area contributed by atoms with Crippen LogP contribution in [-0.2, 0) is 28.4 Å². The lowest BCUT2D eigenvalue weighted by atomic mass is 9.68. The van der Waals surface area contributed by atoms with Crippen LogP contribution in [0, 0.1) is 183 Å². The molecule has 2 rings (SSSR count). The van der Waals surface area contributed by atoms with Crippen LogP contribution in [0.25, 0.3) is 0 Å². The van der Waals surface area contributed by atoms with Gasteiger partial charge in [0.2, 0.25) is 0 Å². The van der Waals surface area contributed by atoms with Crippen molar-refractivity contribution in [2.45, 2.75) is 58.5 Å². The highest BCUT2D eigenvalue weighted by atomic mass is 32.1. The lowest BCUT2D eigenvalue weighted by molar-refractivity contribution is -0.439. The summed E-state index contributed by atoms with van der Waals surface area (Å²) < 4.78 is 36.5. The number of hydrogen-bond donors (Lipinski definition) is 3. The van der Waals surface area contributed by atoms with E-state index in [0.29, 0.717) is 12.8 Å². The van der Waals surface area contributed by atoms with Crippen molar-refractivity contribution < 1.29 is 43.4 Å². The van der Waals surface area contributed by atoms with E-state index < -0.39 is 43.2 Å². The average Bonchev–Trinajstić information content (AvgIpc) is 3.50. The first-order chi connectivity index (χ1) is 25.5. The van der Waals surface area contributed by atoms with Crippen LogP contribution in [0.1, 0.15) is 52.9 Å². The minimum absolute atomic E-state index is 0.0105. The van der Waals surface area contributed by atoms with Gasteiger partial charge in [-0.1, -0.05) is 42.1 Å². The highest BCUT2D eigenvalue weighted by Gasteiger charge is 2.61. The number of carbonyl (C=O) groups excluding carboxylic acids is 1. The minimum atomic E-state index is -5.63. The van der Waals surface area contributed by atoms with Crippen molar-refractivity contribution in [3.8, 4) is 154 Å². The van der Waals surface area contributed by atoms with Crippen LogP contribution in [0.3, 0.4) is 0 Å². The molecule has 0 aromatic carbocycles. The average molecular weight is 741 g/mol. The molecular weight excluding hydrogens is 710 g/mol. The van der Waals surface area contributed by atoms with Gasteiger partial charge >= 0.3 is 20.3 Å². The van der Waals surface area contributed by atoms with E-state index in [1.807, 2.05) is 6.92 Å². The molecule has 0 radical (unpaired) electrons. The van der Waals surface area contributed by atoms with Crippen LogP contribution < -0.4 is 0 Å². The summed E-state index contributed by atoms with van der Waals surface area (Å²) in [6, 6.07) is 0. The highest BCUT2D eigenvalue weighted by molar-refractivity contribution is 8.29. The molecule has 0 aliphatic heterocycles. The first kappa shape index (κ1) is 43.2. The number of rotatable bonds is 6. The quantitative estimate of drug-likeness (QED) is 0.122. The van der Waals surface area contributed by atoms with Crippen molar-refractivity contribution in [2.75, 3.05) is 7.11 Å². The summed E-state index contributed by atoms with van der Waals surface area (Å²) in [5.41, 5.74) is -2.38. The molecule has 262 valence electrons. The van der Waals surface area contributed by atoms with Gasteiger partial charge in [0.05, 0.1) is 12.8 Å². The molecule has 0 aromatic rings. The Morgan fingerprint density at radius 2 is 1.19 bits per heavy atom. The Bertz CT molecular complexity index is 2390. The molecule has 11 heteroatoms. The molecule has 7 unspecified atom stereocenters. The molecular formula is C42H30O9P2. The molecule has 0 heterocycles. The molecule has 0 bridgehead atoms. The fraction of sp³-hybridized carbons (Fsp3) is 0.357. The van der Waals surface area contributed by atoms with Crippen LogP contribution in [0.15, 0.2) is 0 Å². The smallest absolute Gasteiger partial charge is 0.410 e. The molecule has 2 aliphatic rings. The van der Waals surface area contributed by atoms with Crippen molar-refractivity contribution >= 4 is 20.3 Å². The molecule has 53 heavy (non-hydrogen) atoms. The van der Waals surface area contributed by atoms with Gasteiger partial charge in [-0.3, -0.25) is 9.36 Å². The van der Waals surface area contributed by atoms with E-state index in [4.69, 9.17) is 9.99 Å². The molecule has 0 aromatic heterocycles. The molecule has 9 nitrogen and oxygen atoms in total. The third-order valence-corrected chi connectivity index (χ3v) is 13.8. The van der Waals surface area contributed by atoms with E-state index in [-0.39, 0.29) is 24.7 Å². The van der Waals surface area contributed by atoms with Gasteiger partial charge in [0.1, 0.15) is 5.92 Å². The number of hydrogen-bond acceptors (Lipinski definition) is 7. The summed E-state index contributed by atoms with van der Waals surface area (Å²) in [7, 11) is -9.72. The minimum Gasteiger partial charge on any atom is -0.468 e. The van der Waals surface area contributed by atoms with E-state index in [0.717, 1.165) is 13.5 Å². The number of methoxy groups -OCH3 is 1. The van der Waals surface area contributed by atoms with E-state index in [9.17, 15) is 23.7 Å². The zero-order valence-electron chi connectivity index (χ0n) is 29.1. The highest BCUT2D eigenvalue weighted by Crippen LogP contribution is 2.83. The summed E-state index contributed by atoms with van der Waals surface area (Å²) in [4.78, 5) is 33.9. The normalized spacial score (nSPS) is 21.2. The largest absolute Gasteiger partial charge is 0.468 e. The summed E-state index contributed by atoms with van der Waals surface area (Å²) in [6.45, 7) is 5.13. The van der Waals surface area contributed by atoms with Gasteiger partial charge in [0.15, 0.2) is 0 Å². The first-order valence-electron chi connectivity index (χ1n) is 15.6. The maximum atomic E-state index is 14.1. The molecule has 2 saturated carbocycles. The van der Waals surface area contributed by atoms with Crippen LogP contribution in [0.5, 0.6) is 0 Å². The van der Waals surface area contributed by atoms with Gasteiger partial charge in [-0.05, 0) is 188 Å². The standard InChI is InChI=1S/C42H30O9P2/c1-5-7-9-11-13-15-17-18-20-22-24-26-28-32-42-33-29-31-39(42)36(3)34-40(52(45,51-50-44)53(46,47)48)38(35-42)37(41(43)49-4)30-27-25-23-21-19-16-14-12-10-8-6-2/h36-40,44H,29,31,33-35H2,1-4H3,(H2,46,47,48). The topological polar surface area (TPSA) is 140 Å². The Labute approximate surface area is 311 Å². The van der Waals surface area contributed by atoms with Crippen molar-refractivity contribution in [1.29, 1.82) is 0 Å². The number of ether oxygens (including phenoxy) is 1. The third kappa shape index (κ3) is 13.3. The number of fused-ring (bicyclic) bond motifs is 1. The summed E-state index contributed by atoms with van der Waals surface area (Å²) in [6.07, 6.45) is 1.87. The SMILES string of the molecule is CC#CC#CC#CC#CC#CC#CC#CC12CCCC1C(C)CC(P(=O)(OOO)P(=O)(O)O)C(C(C#CC#CC#CC#CC#CC#CC)C(=O)OC)C2. The van der Waals surface area contributed by atoms with E-state index in [2.05, 4.69) is 164 Å². The van der Waals surface area contributed by atoms with Crippen LogP contribution >= 0.6 is 14.3 Å². The third-order valence-electron chi connectivity index (χ3n) is 8.09. The maximum Gasteiger partial charge on any atom is 0.410 e. The summed E-state index contributed by atoms with van der Waals surface area (Å²) >= 11 is 0. The second-order valence-corrected chi connectivity index (χ2v) is 17.3. The van der Waals surface area contributed by atoms with Gasteiger partial charge in [0, 0.05) is 5.41 Å². The number of esters is 1. The Hall–Kier alpha value is -5.99. The van der Waals surface area contributed by atoms with Gasteiger partial charge in [-0.25, -0.2) is 9.82 Å². The fourth-order valence-electron chi connectivity index (χ4n) is 6.14. The molecule has 7 atom stereocenters. The van der Waals surface area contributed by atoms with Crippen molar-refractivity contribution in [2.24, 2.45) is 29.1 Å². The Morgan fingerprint density at radius 3 is 1.62 bits per heavy atom. The Morgan fingerprint density at radius 1 is 0.736 bits per heavy atom. The summed E-state index contributed by atoms with van der Waals surface area (Å²) in [5, 5.41) is 12.8. The van der Waals surface area contributed by atoms with Crippen molar-refractivity contribution in [3.05, 3.63) is 0 Å². The van der Waals surface area contributed by atoms with E-state index in [1.54, 1.807) is 13.8 Å². The van der Waals surface area contributed by atoms with Crippen molar-refractivity contribution in [1.82, 2.24) is 0 Å². The Balaban J connectivity index is 2.66. The second-order valence-electron chi connectivity index (χ2n) is 11.0. The second kappa shape index (κ2) is 22.7. The predicted octanol–water partition coefficient (Wildman–Crippen LogP) is 3.85.